The summed E-state index contributed by atoms with van der Waals surface area (Å²) in [6.45, 7) is 12.2. The van der Waals surface area contributed by atoms with Gasteiger partial charge in [-0.3, -0.25) is 14.5 Å². The Balaban J connectivity index is 1.87. The van der Waals surface area contributed by atoms with Crippen LogP contribution in [0, 0.1) is 11.3 Å². The first kappa shape index (κ1) is 31.2. The molecule has 1 aromatic rings. The number of benzene rings is 1. The van der Waals surface area contributed by atoms with E-state index in [1.807, 2.05) is 23.1 Å². The summed E-state index contributed by atoms with van der Waals surface area (Å²) in [6, 6.07) is 5.55. The van der Waals surface area contributed by atoms with Crippen LogP contribution in [0.2, 0.25) is 0 Å². The zero-order chi connectivity index (χ0) is 28.8. The number of unbranched alkanes of at least 4 members (excludes halogenated alkanes) is 1. The van der Waals surface area contributed by atoms with Gasteiger partial charge in [0.1, 0.15) is 0 Å². The Morgan fingerprint density at radius 2 is 1.77 bits per heavy atom. The van der Waals surface area contributed by atoms with Gasteiger partial charge in [0.15, 0.2) is 11.5 Å². The fraction of sp³-hybridized carbons (Fsp3) is 0.742. The maximum Gasteiger partial charge on any atom is 0.308 e. The molecular weight excluding hydrogens is 494 g/mol. The molecule has 0 bridgehead atoms. The fourth-order valence-electron chi connectivity index (χ4n) is 6.29. The lowest BCUT2D eigenvalue weighted by Crippen LogP contribution is -2.46. The van der Waals surface area contributed by atoms with E-state index in [1.165, 1.54) is 0 Å². The summed E-state index contributed by atoms with van der Waals surface area (Å²) in [5.41, 5.74) is 0.913. The van der Waals surface area contributed by atoms with Gasteiger partial charge in [0.25, 0.3) is 0 Å². The molecular formula is C31H52N3O5+. The van der Waals surface area contributed by atoms with Gasteiger partial charge >= 0.3 is 5.97 Å². The molecule has 3 rings (SSSR count). The second kappa shape index (κ2) is 13.4. The normalized spacial score (nSPS) is 21.4. The number of rotatable bonds is 15. The molecule has 1 fully saturated rings. The maximum absolute atomic E-state index is 13.8. The van der Waals surface area contributed by atoms with Crippen LogP contribution in [-0.2, 0) is 9.59 Å². The topological polar surface area (TPSA) is 79.3 Å². The highest BCUT2D eigenvalue weighted by Gasteiger charge is 2.49. The van der Waals surface area contributed by atoms with Crippen molar-refractivity contribution in [3.8, 4) is 11.5 Å². The second-order valence-corrected chi connectivity index (χ2v) is 13.3. The molecule has 2 heterocycles. The number of aliphatic carboxylic acids is 1. The highest BCUT2D eigenvalue weighted by Crippen LogP contribution is 2.45. The highest BCUT2D eigenvalue weighted by atomic mass is 16.7. The van der Waals surface area contributed by atoms with Crippen LogP contribution in [0.4, 0.5) is 0 Å². The fourth-order valence-corrected chi connectivity index (χ4v) is 6.29. The van der Waals surface area contributed by atoms with Crippen molar-refractivity contribution in [3.05, 3.63) is 23.8 Å². The van der Waals surface area contributed by atoms with Crippen molar-refractivity contribution in [3.63, 3.8) is 0 Å². The lowest BCUT2D eigenvalue weighted by molar-refractivity contribution is -0.870. The maximum atomic E-state index is 13.8. The Bertz CT molecular complexity index is 973. The van der Waals surface area contributed by atoms with Crippen molar-refractivity contribution < 1.29 is 28.7 Å². The summed E-state index contributed by atoms with van der Waals surface area (Å²) in [5.74, 6) is -0.158. The molecule has 0 aromatic heterocycles. The summed E-state index contributed by atoms with van der Waals surface area (Å²) >= 11 is 0. The third-order valence-electron chi connectivity index (χ3n) is 8.28. The lowest BCUT2D eigenvalue weighted by atomic mass is 9.76. The van der Waals surface area contributed by atoms with E-state index < -0.39 is 11.9 Å². The molecule has 39 heavy (non-hydrogen) atoms. The molecule has 1 saturated heterocycles. The number of carbonyl (C=O) groups excluding carboxylic acids is 1. The predicted molar refractivity (Wildman–Crippen MR) is 154 cm³/mol. The number of fused-ring (bicyclic) bond motifs is 1. The molecule has 3 unspecified atom stereocenters. The van der Waals surface area contributed by atoms with Gasteiger partial charge in [-0.25, -0.2) is 0 Å². The number of likely N-dealkylation sites (tertiary alicyclic amines) is 1. The van der Waals surface area contributed by atoms with Crippen LogP contribution in [0.3, 0.4) is 0 Å². The average Bonchev–Trinajstić information content (AvgIpc) is 3.44. The minimum atomic E-state index is -0.796. The molecule has 2 aliphatic rings. The van der Waals surface area contributed by atoms with Gasteiger partial charge in [0.2, 0.25) is 12.7 Å². The first-order valence-electron chi connectivity index (χ1n) is 14.8. The zero-order valence-corrected chi connectivity index (χ0v) is 25.4. The van der Waals surface area contributed by atoms with Crippen LogP contribution in [0.25, 0.3) is 0 Å². The Morgan fingerprint density at radius 1 is 1.08 bits per heavy atom. The zero-order valence-electron chi connectivity index (χ0n) is 25.4. The number of hydrogen-bond donors (Lipinski definition) is 1. The number of amides is 1. The number of carboxylic acid groups (broad SMARTS) is 1. The second-order valence-electron chi connectivity index (χ2n) is 13.3. The minimum absolute atomic E-state index is 0.0231. The van der Waals surface area contributed by atoms with E-state index in [0.29, 0.717) is 18.0 Å². The van der Waals surface area contributed by atoms with E-state index >= 15 is 0 Å². The summed E-state index contributed by atoms with van der Waals surface area (Å²) in [4.78, 5) is 30.8. The van der Waals surface area contributed by atoms with Crippen molar-refractivity contribution in [2.24, 2.45) is 11.3 Å². The summed E-state index contributed by atoms with van der Waals surface area (Å²) in [7, 11) is 6.52. The number of nitrogens with zero attached hydrogens (tertiary/aromatic N) is 3. The Kier molecular flexibility index (Phi) is 10.7. The quantitative estimate of drug-likeness (QED) is 0.318. The number of quaternary nitrogens is 1. The SMILES string of the molecule is CCCCN(CCC[N+](C)(C)C)C(=O)CN1CC(c2ccc3c(c2)OCO3)C(C(=O)O)C1CC(C)(C)CCC. The Labute approximate surface area is 235 Å². The summed E-state index contributed by atoms with van der Waals surface area (Å²) in [5, 5.41) is 10.5. The molecule has 3 atom stereocenters. The number of hydrogen-bond acceptors (Lipinski definition) is 5. The molecule has 2 aliphatic heterocycles. The van der Waals surface area contributed by atoms with Crippen LogP contribution in [-0.4, -0.2) is 98.0 Å². The van der Waals surface area contributed by atoms with Crippen molar-refractivity contribution in [1.29, 1.82) is 0 Å². The molecule has 8 nitrogen and oxygen atoms in total. The highest BCUT2D eigenvalue weighted by molar-refractivity contribution is 5.79. The van der Waals surface area contributed by atoms with Gasteiger partial charge in [0.05, 0.1) is 40.2 Å². The van der Waals surface area contributed by atoms with E-state index in [2.05, 4.69) is 53.7 Å². The van der Waals surface area contributed by atoms with Crippen LogP contribution in [0.15, 0.2) is 18.2 Å². The predicted octanol–water partition coefficient (Wildman–Crippen LogP) is 4.83. The largest absolute Gasteiger partial charge is 0.481 e. The smallest absolute Gasteiger partial charge is 0.308 e. The van der Waals surface area contributed by atoms with Crippen molar-refractivity contribution >= 4 is 11.9 Å². The van der Waals surface area contributed by atoms with Gasteiger partial charge in [-0.15, -0.1) is 0 Å². The first-order valence-corrected chi connectivity index (χ1v) is 14.8. The van der Waals surface area contributed by atoms with Crippen molar-refractivity contribution in [1.82, 2.24) is 9.80 Å². The molecule has 0 aliphatic carbocycles. The van der Waals surface area contributed by atoms with Crippen molar-refractivity contribution in [2.75, 3.05) is 60.7 Å². The molecule has 0 saturated carbocycles. The first-order chi connectivity index (χ1) is 18.3. The van der Waals surface area contributed by atoms with E-state index in [0.717, 1.165) is 68.2 Å². The van der Waals surface area contributed by atoms with Gasteiger partial charge in [-0.1, -0.05) is 46.6 Å². The molecule has 220 valence electrons. The molecule has 8 heteroatoms. The van der Waals surface area contributed by atoms with Crippen LogP contribution in [0.5, 0.6) is 11.5 Å². The van der Waals surface area contributed by atoms with Gasteiger partial charge in [-0.05, 0) is 42.4 Å². The van der Waals surface area contributed by atoms with Gasteiger partial charge < -0.3 is 24.0 Å². The number of carboxylic acids is 1. The third-order valence-corrected chi connectivity index (χ3v) is 8.28. The van der Waals surface area contributed by atoms with E-state index in [-0.39, 0.29) is 36.6 Å². The molecule has 1 amide bonds. The molecule has 1 aromatic carbocycles. The Morgan fingerprint density at radius 3 is 2.41 bits per heavy atom. The van der Waals surface area contributed by atoms with Gasteiger partial charge in [-0.2, -0.15) is 0 Å². The minimum Gasteiger partial charge on any atom is -0.481 e. The van der Waals surface area contributed by atoms with E-state index in [1.54, 1.807) is 0 Å². The summed E-state index contributed by atoms with van der Waals surface area (Å²) in [6.07, 6.45) is 5.75. The lowest BCUT2D eigenvalue weighted by Gasteiger charge is -2.35. The number of ether oxygens (including phenoxy) is 2. The van der Waals surface area contributed by atoms with E-state index in [9.17, 15) is 14.7 Å². The number of carbonyl (C=O) groups is 2. The van der Waals surface area contributed by atoms with Crippen LogP contribution in [0.1, 0.15) is 77.7 Å². The molecule has 0 spiro atoms. The van der Waals surface area contributed by atoms with Gasteiger partial charge in [0, 0.05) is 38.0 Å². The Hall–Kier alpha value is -2.32. The molecule has 0 radical (unpaired) electrons. The van der Waals surface area contributed by atoms with E-state index in [4.69, 9.17) is 9.47 Å². The summed E-state index contributed by atoms with van der Waals surface area (Å²) < 4.78 is 12.0. The van der Waals surface area contributed by atoms with Crippen LogP contribution < -0.4 is 9.47 Å². The standard InChI is InChI=1S/C31H51N3O5/c1-8-10-15-32(16-11-17-34(5,6)7)28(35)21-33-20-24(23-12-13-26-27(18-23)39-22-38-26)29(30(36)37)25(33)19-31(3,4)14-9-2/h12-13,18,24-25,29H,8-11,14-17,19-22H2,1-7H3/p+1. The molecule has 1 N–H and O–H groups in total. The monoisotopic (exact) mass is 546 g/mol. The van der Waals surface area contributed by atoms with Crippen LogP contribution >= 0.6 is 0 Å². The average molecular weight is 547 g/mol. The third kappa shape index (κ3) is 8.58. The van der Waals surface area contributed by atoms with Crippen molar-refractivity contribution in [2.45, 2.75) is 78.2 Å².